The number of nitrogens with zero attached hydrogens (tertiary/aromatic N) is 3. The standard InChI is InChI=1S/C20H27N3O3/c1-14(24)17-6-4-5-7-18(17)20(26)23-11-15-8-9-16(23)12-22(10-15)13-19(25)21(2)3/h4-7,15-16H,8-13H2,1-3H3/t15-,16+/m1/s1. The summed E-state index contributed by atoms with van der Waals surface area (Å²) in [4.78, 5) is 42.9. The van der Waals surface area contributed by atoms with E-state index in [0.29, 0.717) is 36.7 Å². The van der Waals surface area contributed by atoms with Gasteiger partial charge in [-0.05, 0) is 31.7 Å². The van der Waals surface area contributed by atoms with Crippen LogP contribution in [-0.2, 0) is 4.79 Å². The van der Waals surface area contributed by atoms with Gasteiger partial charge in [0.15, 0.2) is 5.78 Å². The van der Waals surface area contributed by atoms with Crippen molar-refractivity contribution in [3.05, 3.63) is 35.4 Å². The predicted octanol–water partition coefficient (Wildman–Crippen LogP) is 1.51. The third-order valence-corrected chi connectivity index (χ3v) is 5.44. The Kier molecular flexibility index (Phi) is 5.41. The van der Waals surface area contributed by atoms with E-state index >= 15 is 0 Å². The lowest BCUT2D eigenvalue weighted by molar-refractivity contribution is -0.129. The minimum Gasteiger partial charge on any atom is -0.348 e. The minimum atomic E-state index is -0.0906. The molecule has 3 fully saturated rings. The molecule has 0 saturated carbocycles. The molecule has 3 saturated heterocycles. The summed E-state index contributed by atoms with van der Waals surface area (Å²) in [5, 5.41) is 0. The van der Waals surface area contributed by atoms with Crippen molar-refractivity contribution in [3.63, 3.8) is 0 Å². The van der Waals surface area contributed by atoms with Crippen molar-refractivity contribution in [3.8, 4) is 0 Å². The Labute approximate surface area is 154 Å². The van der Waals surface area contributed by atoms with Crippen LogP contribution in [0.2, 0.25) is 0 Å². The summed E-state index contributed by atoms with van der Waals surface area (Å²) in [5.41, 5.74) is 0.973. The molecule has 2 amide bonds. The number of benzene rings is 1. The van der Waals surface area contributed by atoms with Crippen LogP contribution in [0.25, 0.3) is 0 Å². The number of amides is 2. The highest BCUT2D eigenvalue weighted by Crippen LogP contribution is 2.29. The summed E-state index contributed by atoms with van der Waals surface area (Å²) in [7, 11) is 3.53. The lowest BCUT2D eigenvalue weighted by Gasteiger charge is -2.36. The number of fused-ring (bicyclic) bond motifs is 4. The number of rotatable bonds is 4. The second-order valence-corrected chi connectivity index (χ2v) is 7.64. The van der Waals surface area contributed by atoms with Crippen molar-refractivity contribution in [1.82, 2.24) is 14.7 Å². The molecule has 0 aliphatic carbocycles. The van der Waals surface area contributed by atoms with Crippen LogP contribution < -0.4 is 0 Å². The molecular formula is C20H27N3O3. The zero-order chi connectivity index (χ0) is 18.8. The van der Waals surface area contributed by atoms with Crippen LogP contribution in [0.1, 0.15) is 40.5 Å². The molecule has 1 aromatic rings. The Morgan fingerprint density at radius 3 is 2.38 bits per heavy atom. The van der Waals surface area contributed by atoms with Gasteiger partial charge in [-0.3, -0.25) is 19.3 Å². The van der Waals surface area contributed by atoms with E-state index < -0.39 is 0 Å². The maximum atomic E-state index is 13.2. The molecule has 2 atom stereocenters. The third-order valence-electron chi connectivity index (χ3n) is 5.44. The average molecular weight is 357 g/mol. The van der Waals surface area contributed by atoms with Crippen molar-refractivity contribution in [2.75, 3.05) is 40.3 Å². The average Bonchev–Trinajstić information content (AvgIpc) is 2.91. The molecule has 26 heavy (non-hydrogen) atoms. The van der Waals surface area contributed by atoms with Crippen molar-refractivity contribution in [1.29, 1.82) is 0 Å². The lowest BCUT2D eigenvalue weighted by atomic mass is 9.93. The van der Waals surface area contributed by atoms with E-state index in [0.717, 1.165) is 19.4 Å². The minimum absolute atomic E-state index is 0.0636. The molecule has 2 bridgehead atoms. The van der Waals surface area contributed by atoms with Crippen LogP contribution in [0.3, 0.4) is 0 Å². The normalized spacial score (nSPS) is 22.8. The van der Waals surface area contributed by atoms with Crippen LogP contribution >= 0.6 is 0 Å². The highest BCUT2D eigenvalue weighted by Gasteiger charge is 2.38. The number of carbonyl (C=O) groups is 3. The first-order valence-electron chi connectivity index (χ1n) is 9.20. The van der Waals surface area contributed by atoms with Gasteiger partial charge in [0.05, 0.1) is 12.1 Å². The summed E-state index contributed by atoms with van der Waals surface area (Å²) in [6, 6.07) is 7.14. The Morgan fingerprint density at radius 2 is 1.73 bits per heavy atom. The summed E-state index contributed by atoms with van der Waals surface area (Å²) in [6.45, 7) is 4.14. The number of hydrogen-bond donors (Lipinski definition) is 0. The number of piperidine rings is 1. The van der Waals surface area contributed by atoms with Crippen LogP contribution in [-0.4, -0.2) is 78.6 Å². The summed E-state index contributed by atoms with van der Waals surface area (Å²) in [6.07, 6.45) is 2.03. The predicted molar refractivity (Wildman–Crippen MR) is 99.1 cm³/mol. The van der Waals surface area contributed by atoms with Gasteiger partial charge in [0.25, 0.3) is 5.91 Å². The van der Waals surface area contributed by atoms with Crippen molar-refractivity contribution in [2.45, 2.75) is 25.8 Å². The van der Waals surface area contributed by atoms with Gasteiger partial charge in [-0.25, -0.2) is 0 Å². The van der Waals surface area contributed by atoms with Gasteiger partial charge in [-0.15, -0.1) is 0 Å². The second kappa shape index (κ2) is 7.58. The van der Waals surface area contributed by atoms with Gasteiger partial charge in [0.2, 0.25) is 5.91 Å². The fourth-order valence-electron chi connectivity index (χ4n) is 4.02. The van der Waals surface area contributed by atoms with Crippen LogP contribution in [0.4, 0.5) is 0 Å². The Balaban J connectivity index is 1.79. The molecule has 6 heteroatoms. The highest BCUT2D eigenvalue weighted by molar-refractivity contribution is 6.07. The molecule has 0 N–H and O–H groups in total. The Hall–Kier alpha value is -2.21. The quantitative estimate of drug-likeness (QED) is 0.767. The summed E-state index contributed by atoms with van der Waals surface area (Å²) in [5.74, 6) is 0.307. The van der Waals surface area contributed by atoms with E-state index in [4.69, 9.17) is 0 Å². The maximum absolute atomic E-state index is 13.2. The topological polar surface area (TPSA) is 60.9 Å². The fraction of sp³-hybridized carbons (Fsp3) is 0.550. The van der Waals surface area contributed by atoms with Crippen LogP contribution in [0, 0.1) is 5.92 Å². The van der Waals surface area contributed by atoms with Crippen molar-refractivity contribution < 1.29 is 14.4 Å². The summed E-state index contributed by atoms with van der Waals surface area (Å²) < 4.78 is 0. The largest absolute Gasteiger partial charge is 0.348 e. The molecule has 3 aliphatic rings. The van der Waals surface area contributed by atoms with Gasteiger partial charge in [0, 0.05) is 45.3 Å². The van der Waals surface area contributed by atoms with Gasteiger partial charge < -0.3 is 9.80 Å². The molecule has 3 aliphatic heterocycles. The van der Waals surface area contributed by atoms with Gasteiger partial charge in [-0.2, -0.15) is 0 Å². The van der Waals surface area contributed by atoms with Gasteiger partial charge >= 0.3 is 0 Å². The first-order chi connectivity index (χ1) is 12.4. The zero-order valence-corrected chi connectivity index (χ0v) is 15.8. The molecule has 0 spiro atoms. The van der Waals surface area contributed by atoms with Crippen LogP contribution in [0.15, 0.2) is 24.3 Å². The van der Waals surface area contributed by atoms with Crippen molar-refractivity contribution in [2.24, 2.45) is 5.92 Å². The Morgan fingerprint density at radius 1 is 1.04 bits per heavy atom. The second-order valence-electron chi connectivity index (χ2n) is 7.64. The smallest absolute Gasteiger partial charge is 0.254 e. The highest BCUT2D eigenvalue weighted by atomic mass is 16.2. The molecule has 6 nitrogen and oxygen atoms in total. The third kappa shape index (κ3) is 3.80. The molecule has 0 radical (unpaired) electrons. The first-order valence-corrected chi connectivity index (χ1v) is 9.20. The van der Waals surface area contributed by atoms with E-state index in [1.54, 1.807) is 43.3 Å². The first kappa shape index (κ1) is 18.6. The fourth-order valence-corrected chi connectivity index (χ4v) is 4.02. The molecule has 3 heterocycles. The summed E-state index contributed by atoms with van der Waals surface area (Å²) >= 11 is 0. The monoisotopic (exact) mass is 357 g/mol. The Bertz CT molecular complexity index is 716. The van der Waals surface area contributed by atoms with E-state index in [1.165, 1.54) is 6.92 Å². The van der Waals surface area contributed by atoms with Crippen molar-refractivity contribution >= 4 is 17.6 Å². The number of Topliss-reactive ketones (excluding diaryl/α,β-unsaturated/α-hetero) is 1. The van der Waals surface area contributed by atoms with E-state index in [-0.39, 0.29) is 23.6 Å². The maximum Gasteiger partial charge on any atom is 0.254 e. The van der Waals surface area contributed by atoms with E-state index in [2.05, 4.69) is 4.90 Å². The molecule has 0 aromatic heterocycles. The number of carbonyl (C=O) groups excluding carboxylic acids is 3. The number of likely N-dealkylation sites (N-methyl/N-ethyl adjacent to an activating group) is 1. The SMILES string of the molecule is CC(=O)c1ccccc1C(=O)N1C[C@@H]2CC[C@H]1CN(CC(=O)N(C)C)C2. The zero-order valence-electron chi connectivity index (χ0n) is 15.8. The lowest BCUT2D eigenvalue weighted by Crippen LogP contribution is -2.48. The molecular weight excluding hydrogens is 330 g/mol. The molecule has 4 rings (SSSR count). The molecule has 0 unspecified atom stereocenters. The van der Waals surface area contributed by atoms with Gasteiger partial charge in [0.1, 0.15) is 0 Å². The number of hydrogen-bond acceptors (Lipinski definition) is 4. The van der Waals surface area contributed by atoms with Gasteiger partial charge in [-0.1, -0.05) is 18.2 Å². The molecule has 1 aromatic carbocycles. The number of ketones is 1. The molecule has 140 valence electrons. The van der Waals surface area contributed by atoms with E-state index in [1.807, 2.05) is 4.90 Å². The van der Waals surface area contributed by atoms with Crippen LogP contribution in [0.5, 0.6) is 0 Å². The van der Waals surface area contributed by atoms with E-state index in [9.17, 15) is 14.4 Å².